The molecule has 0 aliphatic rings. The van der Waals surface area contributed by atoms with E-state index in [1.54, 1.807) is 12.3 Å². The Bertz CT molecular complexity index is 641. The highest BCUT2D eigenvalue weighted by Crippen LogP contribution is 2.31. The van der Waals surface area contributed by atoms with Crippen molar-refractivity contribution in [1.29, 1.82) is 0 Å². The molecular formula is C15H17F3N4. The van der Waals surface area contributed by atoms with E-state index in [-0.39, 0.29) is 5.82 Å². The molecule has 118 valence electrons. The highest BCUT2D eigenvalue weighted by molar-refractivity contribution is 5.59. The van der Waals surface area contributed by atoms with Crippen molar-refractivity contribution in [2.45, 2.75) is 19.5 Å². The third-order valence-corrected chi connectivity index (χ3v) is 3.11. The van der Waals surface area contributed by atoms with E-state index in [1.807, 2.05) is 6.92 Å². The first-order chi connectivity index (χ1) is 10.5. The minimum absolute atomic E-state index is 0.279. The summed E-state index contributed by atoms with van der Waals surface area (Å²) < 4.78 is 38.3. The number of nitrogens with zero attached hydrogens (tertiary/aromatic N) is 2. The van der Waals surface area contributed by atoms with Gasteiger partial charge in [0.15, 0.2) is 5.82 Å². The lowest BCUT2D eigenvalue weighted by Crippen LogP contribution is -2.15. The molecule has 0 aliphatic carbocycles. The smallest absolute Gasteiger partial charge is 0.381 e. The first-order valence-corrected chi connectivity index (χ1v) is 6.93. The van der Waals surface area contributed by atoms with Crippen LogP contribution in [0, 0.1) is 0 Å². The molecule has 4 nitrogen and oxygen atoms in total. The van der Waals surface area contributed by atoms with Gasteiger partial charge in [0.1, 0.15) is 0 Å². The summed E-state index contributed by atoms with van der Waals surface area (Å²) in [5.41, 5.74) is 6.57. The van der Waals surface area contributed by atoms with E-state index in [1.165, 1.54) is 6.07 Å². The number of hydrogen-bond acceptors (Lipinski definition) is 4. The minimum Gasteiger partial charge on any atom is -0.381 e. The van der Waals surface area contributed by atoms with Crippen LogP contribution in [-0.4, -0.2) is 23.1 Å². The van der Waals surface area contributed by atoms with Crippen LogP contribution in [0.2, 0.25) is 0 Å². The molecule has 0 saturated carbocycles. The summed E-state index contributed by atoms with van der Waals surface area (Å²) in [5, 5.41) is 3.10. The van der Waals surface area contributed by atoms with Gasteiger partial charge in [-0.2, -0.15) is 13.2 Å². The summed E-state index contributed by atoms with van der Waals surface area (Å²) in [6, 6.07) is 5.01. The van der Waals surface area contributed by atoms with Crippen molar-refractivity contribution in [3.63, 3.8) is 0 Å². The molecule has 0 bridgehead atoms. The predicted octanol–water partition coefficient (Wildman–Crippen LogP) is 3.10. The van der Waals surface area contributed by atoms with Gasteiger partial charge in [0.25, 0.3) is 0 Å². The molecule has 1 aromatic carbocycles. The maximum atomic E-state index is 12.8. The summed E-state index contributed by atoms with van der Waals surface area (Å²) in [4.78, 5) is 8.51. The lowest BCUT2D eigenvalue weighted by atomic mass is 10.1. The van der Waals surface area contributed by atoms with Crippen molar-refractivity contribution < 1.29 is 13.2 Å². The normalized spacial score (nSPS) is 11.5. The summed E-state index contributed by atoms with van der Waals surface area (Å²) in [7, 11) is 0. The molecule has 1 aromatic heterocycles. The molecule has 0 radical (unpaired) electrons. The zero-order valence-electron chi connectivity index (χ0n) is 12.1. The molecular weight excluding hydrogens is 293 g/mol. The number of benzene rings is 1. The maximum absolute atomic E-state index is 12.8. The Hall–Kier alpha value is -2.15. The van der Waals surface area contributed by atoms with Crippen molar-refractivity contribution in [2.24, 2.45) is 5.73 Å². The fourth-order valence-corrected chi connectivity index (χ4v) is 2.01. The number of halogens is 3. The standard InChI is InChI=1S/C15H17F3N4/c1-2-12-13(20-7-6-19)9-21-14(22-12)10-4-3-5-11(8-10)15(16,17)18/h3-5,8-9,20H,2,6-7,19H2,1H3. The van der Waals surface area contributed by atoms with Crippen LogP contribution in [0.3, 0.4) is 0 Å². The molecule has 2 rings (SSSR count). The second-order valence-corrected chi connectivity index (χ2v) is 4.70. The average molecular weight is 310 g/mol. The molecule has 0 saturated heterocycles. The number of anilines is 1. The lowest BCUT2D eigenvalue weighted by molar-refractivity contribution is -0.137. The molecule has 0 atom stereocenters. The SMILES string of the molecule is CCc1nc(-c2cccc(C(F)(F)F)c2)ncc1NCCN. The van der Waals surface area contributed by atoms with Crippen LogP contribution in [0.15, 0.2) is 30.5 Å². The Balaban J connectivity index is 2.37. The quantitative estimate of drug-likeness (QED) is 0.891. The molecule has 2 aromatic rings. The van der Waals surface area contributed by atoms with Crippen LogP contribution in [0.1, 0.15) is 18.2 Å². The van der Waals surface area contributed by atoms with E-state index >= 15 is 0 Å². The summed E-state index contributed by atoms with van der Waals surface area (Å²) >= 11 is 0. The van der Waals surface area contributed by atoms with Gasteiger partial charge in [-0.05, 0) is 18.6 Å². The van der Waals surface area contributed by atoms with E-state index in [4.69, 9.17) is 5.73 Å². The number of aryl methyl sites for hydroxylation is 1. The van der Waals surface area contributed by atoms with Gasteiger partial charge in [0.2, 0.25) is 0 Å². The number of alkyl halides is 3. The molecule has 0 aliphatic heterocycles. The molecule has 0 amide bonds. The summed E-state index contributed by atoms with van der Waals surface area (Å²) in [6.45, 7) is 2.98. The van der Waals surface area contributed by atoms with E-state index in [0.29, 0.717) is 25.1 Å². The van der Waals surface area contributed by atoms with Gasteiger partial charge in [-0.15, -0.1) is 0 Å². The first kappa shape index (κ1) is 16.2. The number of nitrogens with one attached hydrogen (secondary N) is 1. The number of nitrogens with two attached hydrogens (primary N) is 1. The zero-order valence-corrected chi connectivity index (χ0v) is 12.1. The Morgan fingerprint density at radius 2 is 2.05 bits per heavy atom. The maximum Gasteiger partial charge on any atom is 0.416 e. The first-order valence-electron chi connectivity index (χ1n) is 6.93. The highest BCUT2D eigenvalue weighted by Gasteiger charge is 2.30. The van der Waals surface area contributed by atoms with E-state index in [0.717, 1.165) is 23.5 Å². The van der Waals surface area contributed by atoms with Crippen LogP contribution in [-0.2, 0) is 12.6 Å². The van der Waals surface area contributed by atoms with E-state index in [9.17, 15) is 13.2 Å². The molecule has 0 fully saturated rings. The summed E-state index contributed by atoms with van der Waals surface area (Å²) in [5.74, 6) is 0.279. The van der Waals surface area contributed by atoms with Crippen LogP contribution in [0.25, 0.3) is 11.4 Å². The molecule has 7 heteroatoms. The molecule has 0 spiro atoms. The second-order valence-electron chi connectivity index (χ2n) is 4.70. The fraction of sp³-hybridized carbons (Fsp3) is 0.333. The third-order valence-electron chi connectivity index (χ3n) is 3.11. The number of aromatic nitrogens is 2. The van der Waals surface area contributed by atoms with Crippen LogP contribution >= 0.6 is 0 Å². The molecule has 1 heterocycles. The fourth-order valence-electron chi connectivity index (χ4n) is 2.01. The monoisotopic (exact) mass is 310 g/mol. The lowest BCUT2D eigenvalue weighted by Gasteiger charge is -2.12. The van der Waals surface area contributed by atoms with Gasteiger partial charge in [-0.3, -0.25) is 0 Å². The Morgan fingerprint density at radius 3 is 2.68 bits per heavy atom. The van der Waals surface area contributed by atoms with Crippen molar-refractivity contribution in [3.05, 3.63) is 41.7 Å². The highest BCUT2D eigenvalue weighted by atomic mass is 19.4. The molecule has 3 N–H and O–H groups in total. The van der Waals surface area contributed by atoms with Crippen LogP contribution < -0.4 is 11.1 Å². The Kier molecular flexibility index (Phi) is 4.97. The predicted molar refractivity (Wildman–Crippen MR) is 79.4 cm³/mol. The van der Waals surface area contributed by atoms with Crippen molar-refractivity contribution >= 4 is 5.69 Å². The van der Waals surface area contributed by atoms with Crippen molar-refractivity contribution in [3.8, 4) is 11.4 Å². The minimum atomic E-state index is -4.38. The van der Waals surface area contributed by atoms with E-state index in [2.05, 4.69) is 15.3 Å². The topological polar surface area (TPSA) is 63.8 Å². The van der Waals surface area contributed by atoms with Gasteiger partial charge < -0.3 is 11.1 Å². The van der Waals surface area contributed by atoms with Gasteiger partial charge in [-0.1, -0.05) is 19.1 Å². The second kappa shape index (κ2) is 6.74. The van der Waals surface area contributed by atoms with Crippen molar-refractivity contribution in [2.75, 3.05) is 18.4 Å². The van der Waals surface area contributed by atoms with Crippen molar-refractivity contribution in [1.82, 2.24) is 9.97 Å². The molecule has 0 unspecified atom stereocenters. The molecule has 22 heavy (non-hydrogen) atoms. The number of hydrogen-bond donors (Lipinski definition) is 2. The van der Waals surface area contributed by atoms with Gasteiger partial charge in [0, 0.05) is 18.7 Å². The number of rotatable bonds is 5. The van der Waals surface area contributed by atoms with Gasteiger partial charge >= 0.3 is 6.18 Å². The van der Waals surface area contributed by atoms with Gasteiger partial charge in [0.05, 0.1) is 23.1 Å². The average Bonchev–Trinajstić information content (AvgIpc) is 2.52. The Morgan fingerprint density at radius 1 is 1.27 bits per heavy atom. The largest absolute Gasteiger partial charge is 0.416 e. The van der Waals surface area contributed by atoms with E-state index < -0.39 is 11.7 Å². The summed E-state index contributed by atoms with van der Waals surface area (Å²) in [6.07, 6.45) is -2.16. The Labute approximate surface area is 126 Å². The van der Waals surface area contributed by atoms with Crippen LogP contribution in [0.5, 0.6) is 0 Å². The third kappa shape index (κ3) is 3.73. The van der Waals surface area contributed by atoms with Crippen LogP contribution in [0.4, 0.5) is 18.9 Å². The zero-order chi connectivity index (χ0) is 16.2. The van der Waals surface area contributed by atoms with Gasteiger partial charge in [-0.25, -0.2) is 9.97 Å².